The maximum Gasteiger partial charge on any atom is 2.00 e. The predicted octanol–water partition coefficient (Wildman–Crippen LogP) is 2.34. The number of benzene rings is 3. The number of carbonyl (C=O) groups excluding carboxylic acids is 2. The average molecular weight is 588 g/mol. The fourth-order valence-corrected chi connectivity index (χ4v) is 3.10. The fraction of sp³-hybridized carbons (Fsp3) is 0. The van der Waals surface area contributed by atoms with Crippen molar-refractivity contribution in [3.63, 3.8) is 0 Å². The van der Waals surface area contributed by atoms with Crippen LogP contribution in [0.4, 0.5) is 0 Å². The SMILES string of the molecule is O=C([O-])c1ccc(Cl)cc1.O=C([O-])c1ccc(Cl)cc1.[Co+2].[OH3+].[OH3+].c1cnc2c(c1)ccc1cccnc12. The molecular weight excluding hydrogens is 566 g/mol. The van der Waals surface area contributed by atoms with E-state index in [-0.39, 0.29) is 38.9 Å². The molecule has 3 aromatic carbocycles. The minimum absolute atomic E-state index is 0. The van der Waals surface area contributed by atoms with Crippen molar-refractivity contribution < 1.29 is 47.5 Å². The summed E-state index contributed by atoms with van der Waals surface area (Å²) in [5.74, 6) is -2.37. The summed E-state index contributed by atoms with van der Waals surface area (Å²) in [6, 6.07) is 23.8. The second-order valence-corrected chi connectivity index (χ2v) is 7.68. The minimum Gasteiger partial charge on any atom is -0.545 e. The van der Waals surface area contributed by atoms with Crippen molar-refractivity contribution in [2.24, 2.45) is 0 Å². The van der Waals surface area contributed by atoms with E-state index >= 15 is 0 Å². The van der Waals surface area contributed by atoms with Crippen LogP contribution in [0.25, 0.3) is 21.8 Å². The predicted molar refractivity (Wildman–Crippen MR) is 138 cm³/mol. The van der Waals surface area contributed by atoms with Gasteiger partial charge in [0, 0.05) is 33.2 Å². The molecule has 0 amide bonds. The van der Waals surface area contributed by atoms with Crippen LogP contribution in [-0.2, 0) is 27.7 Å². The normalized spacial score (nSPS) is 9.14. The van der Waals surface area contributed by atoms with Gasteiger partial charge in [0.25, 0.3) is 0 Å². The van der Waals surface area contributed by atoms with Crippen molar-refractivity contribution in [1.29, 1.82) is 0 Å². The largest absolute Gasteiger partial charge is 2.00 e. The Bertz CT molecular complexity index is 1320. The number of rotatable bonds is 2. The Kier molecular flexibility index (Phi) is 14.7. The molecule has 0 fully saturated rings. The molecule has 37 heavy (non-hydrogen) atoms. The third kappa shape index (κ3) is 9.77. The molecule has 2 aromatic heterocycles. The molecule has 0 saturated carbocycles. The maximum absolute atomic E-state index is 10.2. The summed E-state index contributed by atoms with van der Waals surface area (Å²) >= 11 is 11.0. The van der Waals surface area contributed by atoms with Crippen molar-refractivity contribution in [3.8, 4) is 0 Å². The van der Waals surface area contributed by atoms with Gasteiger partial charge in [-0.25, -0.2) is 0 Å². The molecule has 8 nitrogen and oxygen atoms in total. The van der Waals surface area contributed by atoms with Crippen LogP contribution in [0.5, 0.6) is 0 Å². The van der Waals surface area contributed by atoms with Gasteiger partial charge >= 0.3 is 16.8 Å². The summed E-state index contributed by atoms with van der Waals surface area (Å²) in [7, 11) is 0. The van der Waals surface area contributed by atoms with Gasteiger partial charge < -0.3 is 30.8 Å². The molecule has 0 aliphatic rings. The van der Waals surface area contributed by atoms with E-state index in [2.05, 4.69) is 34.2 Å². The Morgan fingerprint density at radius 1 is 0.568 bits per heavy atom. The van der Waals surface area contributed by atoms with E-state index in [0.717, 1.165) is 21.8 Å². The number of carbonyl (C=O) groups is 2. The van der Waals surface area contributed by atoms with Gasteiger partial charge in [-0.2, -0.15) is 0 Å². The topological polar surface area (TPSA) is 172 Å². The van der Waals surface area contributed by atoms with Crippen molar-refractivity contribution in [2.75, 3.05) is 0 Å². The van der Waals surface area contributed by atoms with Gasteiger partial charge in [0.15, 0.2) is 0 Å². The molecule has 0 aliphatic carbocycles. The average Bonchev–Trinajstić information content (AvgIpc) is 2.85. The molecule has 193 valence electrons. The van der Waals surface area contributed by atoms with Crippen molar-refractivity contribution in [1.82, 2.24) is 9.97 Å². The number of hydrogen-bond acceptors (Lipinski definition) is 6. The standard InChI is InChI=1S/C12H8N2.2C7H5ClO2.Co.2H2O/c1-3-9-5-6-10-4-2-8-14-12(10)11(9)13-7-1;2*8-6-3-1-5(2-4-6)7(9)10;;;/h1-8H;2*1-4H,(H,9,10);;2*1H2/q;;;+2;;. The first-order chi connectivity index (χ1) is 16.3. The molecular formula is C26H22Cl2CoN2O6+2. The number of aromatic nitrogens is 2. The molecule has 0 bridgehead atoms. The zero-order valence-electron chi connectivity index (χ0n) is 19.0. The molecule has 0 aliphatic heterocycles. The first-order valence-corrected chi connectivity index (χ1v) is 10.6. The van der Waals surface area contributed by atoms with E-state index in [4.69, 9.17) is 23.2 Å². The molecule has 1 radical (unpaired) electrons. The molecule has 5 rings (SSSR count). The van der Waals surface area contributed by atoms with Crippen LogP contribution in [0.2, 0.25) is 10.0 Å². The fourth-order valence-electron chi connectivity index (χ4n) is 2.85. The Hall–Kier alpha value is -3.57. The summed E-state index contributed by atoms with van der Waals surface area (Å²) < 4.78 is 0. The van der Waals surface area contributed by atoms with Gasteiger partial charge in [-0.15, -0.1) is 0 Å². The molecule has 0 saturated heterocycles. The van der Waals surface area contributed by atoms with Crippen molar-refractivity contribution in [2.45, 2.75) is 0 Å². The Balaban J connectivity index is 0.000000517. The summed E-state index contributed by atoms with van der Waals surface area (Å²) in [6.07, 6.45) is 3.60. The van der Waals surface area contributed by atoms with Crippen LogP contribution in [0.1, 0.15) is 20.7 Å². The van der Waals surface area contributed by atoms with Gasteiger partial charge in [-0.1, -0.05) is 71.7 Å². The van der Waals surface area contributed by atoms with Crippen LogP contribution >= 0.6 is 23.2 Å². The number of fused-ring (bicyclic) bond motifs is 3. The van der Waals surface area contributed by atoms with E-state index in [9.17, 15) is 19.8 Å². The molecule has 11 heteroatoms. The molecule has 2 heterocycles. The smallest absolute Gasteiger partial charge is 0.545 e. The van der Waals surface area contributed by atoms with E-state index < -0.39 is 11.9 Å². The second kappa shape index (κ2) is 16.2. The zero-order valence-corrected chi connectivity index (χ0v) is 21.6. The number of carboxylic acids is 2. The van der Waals surface area contributed by atoms with Crippen LogP contribution in [0.15, 0.2) is 97.3 Å². The van der Waals surface area contributed by atoms with Gasteiger partial charge in [0.2, 0.25) is 0 Å². The third-order valence-electron chi connectivity index (χ3n) is 4.50. The van der Waals surface area contributed by atoms with Crippen LogP contribution in [0.3, 0.4) is 0 Å². The zero-order chi connectivity index (χ0) is 24.5. The first-order valence-electron chi connectivity index (χ1n) is 9.87. The Labute approximate surface area is 232 Å². The third-order valence-corrected chi connectivity index (χ3v) is 5.01. The van der Waals surface area contributed by atoms with Gasteiger partial charge in [0.1, 0.15) is 0 Å². The molecule has 6 N–H and O–H groups in total. The summed E-state index contributed by atoms with van der Waals surface area (Å²) in [4.78, 5) is 29.0. The minimum atomic E-state index is -1.18. The van der Waals surface area contributed by atoms with Crippen LogP contribution < -0.4 is 10.2 Å². The second-order valence-electron chi connectivity index (χ2n) is 6.80. The number of halogens is 2. The Morgan fingerprint density at radius 3 is 1.19 bits per heavy atom. The van der Waals surface area contributed by atoms with E-state index in [0.29, 0.717) is 10.0 Å². The molecule has 0 spiro atoms. The number of hydrogen-bond donors (Lipinski definition) is 0. The van der Waals surface area contributed by atoms with Gasteiger partial charge in [-0.05, 0) is 47.5 Å². The number of pyridine rings is 2. The molecule has 0 unspecified atom stereocenters. The van der Waals surface area contributed by atoms with Crippen molar-refractivity contribution >= 4 is 56.9 Å². The van der Waals surface area contributed by atoms with E-state index in [1.807, 2.05) is 12.1 Å². The van der Waals surface area contributed by atoms with E-state index in [1.165, 1.54) is 48.5 Å². The Morgan fingerprint density at radius 2 is 0.892 bits per heavy atom. The first kappa shape index (κ1) is 33.4. The van der Waals surface area contributed by atoms with Crippen LogP contribution in [0, 0.1) is 0 Å². The van der Waals surface area contributed by atoms with Gasteiger partial charge in [0.05, 0.1) is 23.0 Å². The summed E-state index contributed by atoms with van der Waals surface area (Å²) in [5.41, 5.74) is 2.24. The summed E-state index contributed by atoms with van der Waals surface area (Å²) in [5, 5.41) is 23.6. The van der Waals surface area contributed by atoms with E-state index in [1.54, 1.807) is 12.4 Å². The molecule has 0 atom stereocenters. The number of carboxylic acid groups (broad SMARTS) is 2. The summed E-state index contributed by atoms with van der Waals surface area (Å²) in [6.45, 7) is 0. The van der Waals surface area contributed by atoms with Crippen LogP contribution in [-0.4, -0.2) is 21.9 Å². The number of aromatic carboxylic acids is 2. The monoisotopic (exact) mass is 587 g/mol. The van der Waals surface area contributed by atoms with Crippen molar-refractivity contribution in [3.05, 3.63) is 118 Å². The van der Waals surface area contributed by atoms with Gasteiger partial charge in [-0.3, -0.25) is 9.97 Å². The number of nitrogens with zero attached hydrogens (tertiary/aromatic N) is 2. The quantitative estimate of drug-likeness (QED) is 0.226. The molecule has 5 aromatic rings. The maximum atomic E-state index is 10.2.